The van der Waals surface area contributed by atoms with Crippen LogP contribution in [0, 0.1) is 0 Å². The highest BCUT2D eigenvalue weighted by atomic mass is 79.9. The van der Waals surface area contributed by atoms with Gasteiger partial charge in [-0.25, -0.2) is 0 Å². The lowest BCUT2D eigenvalue weighted by Gasteiger charge is -2.47. The maximum atomic E-state index is 6.15. The number of benzene rings is 1. The Morgan fingerprint density at radius 3 is 1.68 bits per heavy atom. The number of halogens is 1. The molecular formula is C9H18B7BrO2. The standard InChI is InChI=1S/C9H18B7BrO2/c10-7(11,8(12,13)19-9(14,15)16)18-6-3-1-5(17)2-4-6/h1-4H,10-16H2. The van der Waals surface area contributed by atoms with Crippen LogP contribution in [0.5, 0.6) is 5.75 Å². The molecule has 0 saturated heterocycles. The molecule has 1 aromatic rings. The molecule has 1 rings (SSSR count). The Bertz CT molecular complexity index is 429. The summed E-state index contributed by atoms with van der Waals surface area (Å²) in [5.74, 6) is 0.846. The van der Waals surface area contributed by atoms with Crippen LogP contribution < -0.4 is 4.74 Å². The van der Waals surface area contributed by atoms with E-state index in [9.17, 15) is 0 Å². The molecule has 0 N–H and O–H groups in total. The average molecular weight is 314 g/mol. The van der Waals surface area contributed by atoms with E-state index in [0.717, 1.165) is 10.2 Å². The van der Waals surface area contributed by atoms with Crippen molar-refractivity contribution in [1.29, 1.82) is 0 Å². The van der Waals surface area contributed by atoms with Crippen LogP contribution in [-0.2, 0) is 4.74 Å². The second kappa shape index (κ2) is 5.73. The van der Waals surface area contributed by atoms with Crippen LogP contribution in [0.15, 0.2) is 28.7 Å². The van der Waals surface area contributed by atoms with Crippen molar-refractivity contribution in [3.8, 4) is 5.75 Å². The van der Waals surface area contributed by atoms with Crippen molar-refractivity contribution in [2.45, 2.75) is 16.1 Å². The summed E-state index contributed by atoms with van der Waals surface area (Å²) >= 11 is 3.42. The summed E-state index contributed by atoms with van der Waals surface area (Å²) in [4.78, 5) is 0. The van der Waals surface area contributed by atoms with Gasteiger partial charge in [0.15, 0.2) is 0 Å². The molecular weight excluding hydrogens is 296 g/mol. The molecule has 0 aliphatic carbocycles. The van der Waals surface area contributed by atoms with E-state index in [1.54, 1.807) is 0 Å². The lowest BCUT2D eigenvalue weighted by atomic mass is 9.40. The minimum absolute atomic E-state index is 0.205. The van der Waals surface area contributed by atoms with Crippen LogP contribution in [-0.4, -0.2) is 71.0 Å². The summed E-state index contributed by atoms with van der Waals surface area (Å²) in [5, 5.41) is -1.05. The van der Waals surface area contributed by atoms with Gasteiger partial charge < -0.3 is 9.47 Å². The Morgan fingerprint density at radius 2 is 1.26 bits per heavy atom. The van der Waals surface area contributed by atoms with Crippen molar-refractivity contribution < 1.29 is 9.47 Å². The summed E-state index contributed by atoms with van der Waals surface area (Å²) < 4.78 is 13.3. The van der Waals surface area contributed by atoms with Gasteiger partial charge in [-0.05, 0) is 29.6 Å². The quantitative estimate of drug-likeness (QED) is 0.508. The van der Waals surface area contributed by atoms with E-state index >= 15 is 0 Å². The van der Waals surface area contributed by atoms with Crippen LogP contribution in [0.25, 0.3) is 0 Å². The molecule has 0 spiro atoms. The Morgan fingerprint density at radius 1 is 0.789 bits per heavy atom. The molecule has 0 aliphatic rings. The van der Waals surface area contributed by atoms with Gasteiger partial charge in [0.2, 0.25) is 0 Å². The molecule has 94 valence electrons. The van der Waals surface area contributed by atoms with Crippen molar-refractivity contribution in [3.05, 3.63) is 28.7 Å². The van der Waals surface area contributed by atoms with Crippen LogP contribution in [0.3, 0.4) is 0 Å². The van der Waals surface area contributed by atoms with Crippen molar-refractivity contribution in [1.82, 2.24) is 0 Å². The van der Waals surface area contributed by atoms with E-state index in [1.165, 1.54) is 0 Å². The van der Waals surface area contributed by atoms with Crippen LogP contribution in [0.4, 0.5) is 0 Å². The van der Waals surface area contributed by atoms with E-state index in [0.29, 0.717) is 0 Å². The van der Waals surface area contributed by atoms with Crippen molar-refractivity contribution in [3.63, 3.8) is 0 Å². The molecule has 0 fully saturated rings. The van der Waals surface area contributed by atoms with Crippen molar-refractivity contribution in [2.75, 3.05) is 0 Å². The van der Waals surface area contributed by atoms with Gasteiger partial charge in [-0.1, -0.05) is 15.9 Å². The molecule has 0 heterocycles. The lowest BCUT2D eigenvalue weighted by molar-refractivity contribution is 0.00241. The largest absolute Gasteiger partial charge is 0.504 e. The van der Waals surface area contributed by atoms with Gasteiger partial charge in [-0.2, -0.15) is 0 Å². The van der Waals surface area contributed by atoms with Gasteiger partial charge >= 0.3 is 0 Å². The van der Waals surface area contributed by atoms with E-state index in [4.69, 9.17) is 9.47 Å². The predicted molar refractivity (Wildman–Crippen MR) is 104 cm³/mol. The number of rotatable bonds is 5. The molecule has 0 aliphatic heterocycles. The molecule has 0 unspecified atom stereocenters. The normalized spacial score (nSPS) is 13.1. The third-order valence-electron chi connectivity index (χ3n) is 3.20. The zero-order chi connectivity index (χ0) is 14.9. The summed E-state index contributed by atoms with van der Waals surface area (Å²) in [6, 6.07) is 7.87. The number of hydrogen-bond donors (Lipinski definition) is 0. The summed E-state index contributed by atoms with van der Waals surface area (Å²) in [5.41, 5.74) is 0. The van der Waals surface area contributed by atoms with Crippen molar-refractivity contribution >= 4 is 70.9 Å². The monoisotopic (exact) mass is 314 g/mol. The number of hydrogen-bond acceptors (Lipinski definition) is 2. The minimum Gasteiger partial charge on any atom is -0.504 e. The van der Waals surface area contributed by atoms with E-state index < -0.39 is 10.8 Å². The molecule has 0 amide bonds. The molecule has 2 nitrogen and oxygen atoms in total. The number of ether oxygens (including phenoxy) is 2. The van der Waals surface area contributed by atoms with E-state index in [2.05, 4.69) is 70.9 Å². The highest BCUT2D eigenvalue weighted by Gasteiger charge is 2.41. The third kappa shape index (κ3) is 5.07. The Balaban J connectivity index is 2.87. The zero-order valence-corrected chi connectivity index (χ0v) is 14.6. The van der Waals surface area contributed by atoms with Crippen LogP contribution in [0.1, 0.15) is 0 Å². The Hall–Kier alpha value is -0.0855. The first-order valence-corrected chi connectivity index (χ1v) is 7.37. The second-order valence-electron chi connectivity index (χ2n) is 6.79. The molecule has 0 bridgehead atoms. The fourth-order valence-electron chi connectivity index (χ4n) is 1.81. The van der Waals surface area contributed by atoms with Crippen molar-refractivity contribution in [2.24, 2.45) is 0 Å². The summed E-state index contributed by atoms with van der Waals surface area (Å²) in [7, 11) is 14.4. The SMILES string of the molecule is BC(B)(B)OC(B)(B)C(B)(B)Oc1ccc(Br)cc1. The predicted octanol–water partition coefficient (Wildman–Crippen LogP) is -4.80. The highest BCUT2D eigenvalue weighted by Crippen LogP contribution is 2.25. The van der Waals surface area contributed by atoms with Crippen LogP contribution >= 0.6 is 15.9 Å². The molecule has 0 aromatic heterocycles. The second-order valence-corrected chi connectivity index (χ2v) is 7.71. The highest BCUT2D eigenvalue weighted by molar-refractivity contribution is 9.10. The molecule has 0 radical (unpaired) electrons. The van der Waals surface area contributed by atoms with Gasteiger partial charge in [0.05, 0.1) is 5.40 Å². The fraction of sp³-hybridized carbons (Fsp3) is 0.333. The van der Waals surface area contributed by atoms with E-state index in [1.807, 2.05) is 24.3 Å². The first-order valence-electron chi connectivity index (χ1n) is 6.58. The topological polar surface area (TPSA) is 18.5 Å². The maximum Gasteiger partial charge on any atom is 0.148 e. The van der Waals surface area contributed by atoms with Gasteiger partial charge in [0.25, 0.3) is 0 Å². The van der Waals surface area contributed by atoms with Gasteiger partial charge in [0, 0.05) is 9.87 Å². The molecule has 0 saturated carbocycles. The lowest BCUT2D eigenvalue weighted by Crippen LogP contribution is -2.65. The summed E-state index contributed by atoms with van der Waals surface area (Å²) in [6.45, 7) is 0. The fourth-order valence-corrected chi connectivity index (χ4v) is 2.07. The molecule has 10 heteroatoms. The Labute approximate surface area is 131 Å². The van der Waals surface area contributed by atoms with Crippen LogP contribution in [0.2, 0.25) is 0 Å². The smallest absolute Gasteiger partial charge is 0.148 e. The van der Waals surface area contributed by atoms with Gasteiger partial charge in [-0.15, -0.1) is 0 Å². The maximum absolute atomic E-state index is 6.15. The first kappa shape index (κ1) is 17.0. The van der Waals surface area contributed by atoms with E-state index in [-0.39, 0.29) is 5.30 Å². The average Bonchev–Trinajstić information content (AvgIpc) is 2.17. The van der Waals surface area contributed by atoms with Gasteiger partial charge in [0.1, 0.15) is 60.7 Å². The molecule has 0 atom stereocenters. The zero-order valence-electron chi connectivity index (χ0n) is 13.0. The molecule has 19 heavy (non-hydrogen) atoms. The van der Waals surface area contributed by atoms with Gasteiger partial charge in [-0.3, -0.25) is 0 Å². The Kier molecular flexibility index (Phi) is 5.11. The molecule has 1 aromatic carbocycles. The minimum atomic E-state index is -0.436. The first-order chi connectivity index (χ1) is 8.43. The third-order valence-corrected chi connectivity index (χ3v) is 3.73. The summed E-state index contributed by atoms with van der Waals surface area (Å²) in [6.07, 6.45) is 0.